The third kappa shape index (κ3) is 4.70. The van der Waals surface area contributed by atoms with Crippen molar-refractivity contribution < 1.29 is 18.0 Å². The molecule has 0 spiro atoms. The number of hydrogen-bond donors (Lipinski definition) is 2. The molecule has 1 saturated heterocycles. The molecule has 1 aliphatic heterocycles. The quantitative estimate of drug-likeness (QED) is 0.878. The molecule has 128 valence electrons. The Morgan fingerprint density at radius 1 is 1.35 bits per heavy atom. The number of amides is 1. The molecule has 1 unspecified atom stereocenters. The van der Waals surface area contributed by atoms with Crippen molar-refractivity contribution in [1.82, 2.24) is 5.32 Å². The summed E-state index contributed by atoms with van der Waals surface area (Å²) in [6.45, 7) is 5.34. The van der Waals surface area contributed by atoms with Crippen LogP contribution in [0.5, 0.6) is 0 Å². The van der Waals surface area contributed by atoms with Crippen LogP contribution in [0.3, 0.4) is 0 Å². The molecule has 0 aliphatic carbocycles. The number of carbonyl (C=O) groups is 1. The molecular formula is C17H23F3N2O. The number of halogens is 3. The number of rotatable bonds is 4. The molecule has 2 N–H and O–H groups in total. The normalized spacial score (nSPS) is 17.8. The van der Waals surface area contributed by atoms with Gasteiger partial charge in [-0.05, 0) is 62.4 Å². The summed E-state index contributed by atoms with van der Waals surface area (Å²) in [5.41, 5.74) is -0.410. The van der Waals surface area contributed by atoms with Crippen LogP contribution < -0.4 is 10.6 Å². The standard InChI is InChI=1S/C17H23F3N2O/c1-11(13-6-8-21-9-7-13)10-16(23)22-15-5-3-4-14(12(15)2)17(18,19)20/h3-5,11,13,21H,6-10H2,1-2H3,(H,22,23). The van der Waals surface area contributed by atoms with E-state index >= 15 is 0 Å². The van der Waals surface area contributed by atoms with Crippen molar-refractivity contribution in [1.29, 1.82) is 0 Å². The van der Waals surface area contributed by atoms with Gasteiger partial charge in [0.15, 0.2) is 0 Å². The number of piperidine rings is 1. The van der Waals surface area contributed by atoms with Gasteiger partial charge in [-0.25, -0.2) is 0 Å². The molecule has 23 heavy (non-hydrogen) atoms. The molecular weight excluding hydrogens is 305 g/mol. The number of carbonyl (C=O) groups excluding carboxylic acids is 1. The van der Waals surface area contributed by atoms with Crippen LogP contribution in [-0.4, -0.2) is 19.0 Å². The summed E-state index contributed by atoms with van der Waals surface area (Å²) in [6, 6.07) is 3.86. The molecule has 6 heteroatoms. The van der Waals surface area contributed by atoms with Crippen LogP contribution in [-0.2, 0) is 11.0 Å². The van der Waals surface area contributed by atoms with Crippen molar-refractivity contribution in [2.75, 3.05) is 18.4 Å². The summed E-state index contributed by atoms with van der Waals surface area (Å²) in [7, 11) is 0. The molecule has 1 fully saturated rings. The summed E-state index contributed by atoms with van der Waals surface area (Å²) in [6.07, 6.45) is -2.00. The molecule has 0 radical (unpaired) electrons. The van der Waals surface area contributed by atoms with E-state index in [1.807, 2.05) is 6.92 Å². The van der Waals surface area contributed by atoms with Gasteiger partial charge < -0.3 is 10.6 Å². The Kier molecular flexibility index (Phi) is 5.68. The third-order valence-corrected chi connectivity index (χ3v) is 4.61. The van der Waals surface area contributed by atoms with Gasteiger partial charge in [-0.1, -0.05) is 13.0 Å². The fraction of sp³-hybridized carbons (Fsp3) is 0.588. The lowest BCUT2D eigenvalue weighted by Crippen LogP contribution is -2.32. The SMILES string of the molecule is Cc1c(NC(=O)CC(C)C2CCNCC2)cccc1C(F)(F)F. The second-order valence-electron chi connectivity index (χ2n) is 6.29. The topological polar surface area (TPSA) is 41.1 Å². The van der Waals surface area contributed by atoms with E-state index in [1.54, 1.807) is 0 Å². The highest BCUT2D eigenvalue weighted by atomic mass is 19.4. The maximum atomic E-state index is 12.9. The van der Waals surface area contributed by atoms with E-state index in [2.05, 4.69) is 10.6 Å². The Hall–Kier alpha value is -1.56. The van der Waals surface area contributed by atoms with Crippen LogP contribution in [0, 0.1) is 18.8 Å². The van der Waals surface area contributed by atoms with Crippen LogP contribution in [0.25, 0.3) is 0 Å². The van der Waals surface area contributed by atoms with Gasteiger partial charge in [-0.3, -0.25) is 4.79 Å². The van der Waals surface area contributed by atoms with Gasteiger partial charge in [0, 0.05) is 12.1 Å². The minimum atomic E-state index is -4.41. The van der Waals surface area contributed by atoms with Gasteiger partial charge in [-0.15, -0.1) is 0 Å². The summed E-state index contributed by atoms with van der Waals surface area (Å²) in [4.78, 5) is 12.2. The number of anilines is 1. The number of hydrogen-bond acceptors (Lipinski definition) is 2. The summed E-state index contributed by atoms with van der Waals surface area (Å²) >= 11 is 0. The Morgan fingerprint density at radius 3 is 2.61 bits per heavy atom. The predicted molar refractivity (Wildman–Crippen MR) is 84.2 cm³/mol. The molecule has 0 aromatic heterocycles. The highest BCUT2D eigenvalue weighted by Crippen LogP contribution is 2.34. The number of alkyl halides is 3. The largest absolute Gasteiger partial charge is 0.416 e. The van der Waals surface area contributed by atoms with Crippen molar-refractivity contribution in [3.8, 4) is 0 Å². The molecule has 1 aliphatic rings. The monoisotopic (exact) mass is 328 g/mol. The van der Waals surface area contributed by atoms with Gasteiger partial charge >= 0.3 is 6.18 Å². The average Bonchev–Trinajstić information content (AvgIpc) is 2.49. The van der Waals surface area contributed by atoms with Crippen molar-refractivity contribution in [3.05, 3.63) is 29.3 Å². The first-order valence-electron chi connectivity index (χ1n) is 7.96. The molecule has 0 bridgehead atoms. The minimum absolute atomic E-state index is 0.0582. The van der Waals surface area contributed by atoms with Crippen molar-refractivity contribution >= 4 is 11.6 Å². The first-order valence-corrected chi connectivity index (χ1v) is 7.96. The molecule has 0 saturated carbocycles. The molecule has 1 aromatic rings. The van der Waals surface area contributed by atoms with Gasteiger partial charge in [0.2, 0.25) is 5.91 Å². The second-order valence-corrected chi connectivity index (χ2v) is 6.29. The zero-order chi connectivity index (χ0) is 17.0. The van der Waals surface area contributed by atoms with E-state index in [9.17, 15) is 18.0 Å². The van der Waals surface area contributed by atoms with Crippen LogP contribution in [0.15, 0.2) is 18.2 Å². The average molecular weight is 328 g/mol. The van der Waals surface area contributed by atoms with Crippen molar-refractivity contribution in [2.45, 2.75) is 39.3 Å². The number of benzene rings is 1. The smallest absolute Gasteiger partial charge is 0.326 e. The lowest BCUT2D eigenvalue weighted by Gasteiger charge is -2.28. The van der Waals surface area contributed by atoms with E-state index in [0.29, 0.717) is 12.3 Å². The van der Waals surface area contributed by atoms with E-state index in [0.717, 1.165) is 32.0 Å². The summed E-state index contributed by atoms with van der Waals surface area (Å²) in [5, 5.41) is 5.92. The minimum Gasteiger partial charge on any atom is -0.326 e. The Labute approximate surface area is 134 Å². The molecule has 3 nitrogen and oxygen atoms in total. The predicted octanol–water partition coefficient (Wildman–Crippen LogP) is 3.98. The van der Waals surface area contributed by atoms with E-state index in [4.69, 9.17) is 0 Å². The number of nitrogens with one attached hydrogen (secondary N) is 2. The van der Waals surface area contributed by atoms with Crippen LogP contribution in [0.1, 0.15) is 37.3 Å². The Bertz CT molecular complexity index is 551. The third-order valence-electron chi connectivity index (χ3n) is 4.61. The maximum absolute atomic E-state index is 12.9. The van der Waals surface area contributed by atoms with Crippen molar-refractivity contribution in [3.63, 3.8) is 0 Å². The Morgan fingerprint density at radius 2 is 2.00 bits per heavy atom. The van der Waals surface area contributed by atoms with Crippen LogP contribution >= 0.6 is 0 Å². The molecule has 1 atom stereocenters. The zero-order valence-corrected chi connectivity index (χ0v) is 13.5. The van der Waals surface area contributed by atoms with Gasteiger partial charge in [-0.2, -0.15) is 13.2 Å². The maximum Gasteiger partial charge on any atom is 0.416 e. The molecule has 2 rings (SSSR count). The van der Waals surface area contributed by atoms with Crippen LogP contribution in [0.2, 0.25) is 0 Å². The van der Waals surface area contributed by atoms with Gasteiger partial charge in [0.25, 0.3) is 0 Å². The van der Waals surface area contributed by atoms with Gasteiger partial charge in [0.1, 0.15) is 0 Å². The van der Waals surface area contributed by atoms with Crippen molar-refractivity contribution in [2.24, 2.45) is 11.8 Å². The summed E-state index contributed by atoms with van der Waals surface area (Å²) in [5.74, 6) is 0.492. The zero-order valence-electron chi connectivity index (χ0n) is 13.5. The van der Waals surface area contributed by atoms with E-state index < -0.39 is 11.7 Å². The lowest BCUT2D eigenvalue weighted by atomic mass is 9.84. The van der Waals surface area contributed by atoms with E-state index in [-0.39, 0.29) is 23.1 Å². The van der Waals surface area contributed by atoms with Crippen LogP contribution in [0.4, 0.5) is 18.9 Å². The highest BCUT2D eigenvalue weighted by molar-refractivity contribution is 5.91. The first kappa shape index (κ1) is 17.8. The van der Waals surface area contributed by atoms with E-state index in [1.165, 1.54) is 19.1 Å². The molecule has 1 aromatic carbocycles. The molecule has 1 heterocycles. The Balaban J connectivity index is 2.00. The highest BCUT2D eigenvalue weighted by Gasteiger charge is 2.33. The summed E-state index contributed by atoms with van der Waals surface area (Å²) < 4.78 is 38.7. The van der Waals surface area contributed by atoms with Gasteiger partial charge in [0.05, 0.1) is 5.56 Å². The lowest BCUT2D eigenvalue weighted by molar-refractivity contribution is -0.138. The fourth-order valence-electron chi connectivity index (χ4n) is 3.15. The fourth-order valence-corrected chi connectivity index (χ4v) is 3.15. The second kappa shape index (κ2) is 7.34. The molecule has 1 amide bonds. The first-order chi connectivity index (χ1) is 10.8.